The van der Waals surface area contributed by atoms with E-state index in [-0.39, 0.29) is 31.0 Å². The van der Waals surface area contributed by atoms with Crippen LogP contribution in [-0.2, 0) is 24.6 Å². The molecule has 2 N–H and O–H groups in total. The molecule has 230 valence electrons. The topological polar surface area (TPSA) is 143 Å². The van der Waals surface area contributed by atoms with Crippen molar-refractivity contribution < 1.29 is 38.5 Å². The minimum atomic E-state index is -1.22. The molecule has 3 aromatic carbocycles. The van der Waals surface area contributed by atoms with E-state index in [1.165, 1.54) is 9.14 Å². The summed E-state index contributed by atoms with van der Waals surface area (Å²) in [6.45, 7) is 2.37. The molecule has 0 fully saturated rings. The maximum atomic E-state index is 13.4. The number of nitrogens with zero attached hydrogens (tertiary/aromatic N) is 3. The first-order chi connectivity index (χ1) is 21.8. The van der Waals surface area contributed by atoms with Gasteiger partial charge in [-0.25, -0.2) is 9.37 Å². The molecule has 5 rings (SSSR count). The highest BCUT2D eigenvalue weighted by Gasteiger charge is 2.22. The zero-order chi connectivity index (χ0) is 31.9. The second-order valence-electron chi connectivity index (χ2n) is 10.4. The van der Waals surface area contributed by atoms with Gasteiger partial charge in [0.2, 0.25) is 0 Å². The van der Waals surface area contributed by atoms with E-state index in [2.05, 4.69) is 6.07 Å². The Hall–Kier alpha value is -5.60. The summed E-state index contributed by atoms with van der Waals surface area (Å²) in [4.78, 5) is 25.0. The third-order valence-electron chi connectivity index (χ3n) is 7.29. The number of hydrogen-bond donors (Lipinski definition) is 2. The van der Waals surface area contributed by atoms with E-state index in [4.69, 9.17) is 18.9 Å². The summed E-state index contributed by atoms with van der Waals surface area (Å²) in [5.74, 6) is 0.881. The Labute approximate surface area is 259 Å². The second kappa shape index (κ2) is 13.8. The predicted molar refractivity (Wildman–Crippen MR) is 164 cm³/mol. The van der Waals surface area contributed by atoms with Crippen LogP contribution in [0.25, 0.3) is 5.69 Å². The van der Waals surface area contributed by atoms with Crippen LogP contribution >= 0.6 is 0 Å². The Kier molecular flexibility index (Phi) is 9.46. The van der Waals surface area contributed by atoms with E-state index in [1.54, 1.807) is 67.8 Å². The molecule has 1 aromatic heterocycles. The molecular weight excluding hydrogens is 578 g/mol. The van der Waals surface area contributed by atoms with E-state index in [0.29, 0.717) is 58.6 Å². The monoisotopic (exact) mass is 610 g/mol. The molecular formula is C34H32N3O8+. The summed E-state index contributed by atoms with van der Waals surface area (Å²) in [5.41, 5.74) is 3.31. The van der Waals surface area contributed by atoms with Crippen molar-refractivity contribution in [2.45, 2.75) is 26.7 Å². The summed E-state index contributed by atoms with van der Waals surface area (Å²) in [7, 11) is 1.57. The number of benzene rings is 3. The van der Waals surface area contributed by atoms with Gasteiger partial charge >= 0.3 is 5.97 Å². The molecule has 4 aromatic rings. The van der Waals surface area contributed by atoms with Gasteiger partial charge in [0.05, 0.1) is 28.4 Å². The largest absolute Gasteiger partial charge is 0.488 e. The number of pyridine rings is 1. The van der Waals surface area contributed by atoms with Crippen molar-refractivity contribution in [2.75, 3.05) is 26.9 Å². The predicted octanol–water partition coefficient (Wildman–Crippen LogP) is 3.61. The minimum Gasteiger partial charge on any atom is -0.488 e. The highest BCUT2D eigenvalue weighted by Crippen LogP contribution is 2.32. The average molecular weight is 611 g/mol. The normalized spacial score (nSPS) is 12.6. The Morgan fingerprint density at radius 1 is 0.978 bits per heavy atom. The first-order valence-corrected chi connectivity index (χ1v) is 14.2. The van der Waals surface area contributed by atoms with Crippen LogP contribution < -0.4 is 24.5 Å². The van der Waals surface area contributed by atoms with Crippen LogP contribution in [0.4, 0.5) is 0 Å². The van der Waals surface area contributed by atoms with Crippen molar-refractivity contribution in [3.63, 3.8) is 0 Å². The van der Waals surface area contributed by atoms with Gasteiger partial charge in [0.15, 0.2) is 18.0 Å². The number of ether oxygens (including phenoxy) is 4. The molecule has 0 amide bonds. The van der Waals surface area contributed by atoms with Gasteiger partial charge in [0.25, 0.3) is 11.3 Å². The number of carboxylic acid groups (broad SMARTS) is 1. The zero-order valence-electron chi connectivity index (χ0n) is 24.9. The average Bonchev–Trinajstić information content (AvgIpc) is 3.04. The van der Waals surface area contributed by atoms with Crippen LogP contribution in [0.15, 0.2) is 77.7 Å². The van der Waals surface area contributed by atoms with E-state index < -0.39 is 12.6 Å². The standard InChI is InChI=1S/C34H31N3O8/c1-22-13-26(18-36(2)28(19-38)34(40)41)31(44-20-24-6-3-5-23(14-24)17-35)16-30(22)45-21-25-7-4-10-37(33(25)39)27-8-9-29-32(15-27)43-12-11-42-29/h3-10,13-16,38H,11-12,18-21H2,1-2H3/p+1. The molecule has 0 unspecified atom stereocenters. The van der Waals surface area contributed by atoms with Gasteiger partial charge in [-0.2, -0.15) is 5.26 Å². The number of aliphatic hydroxyl groups excluding tert-OH is 1. The first kappa shape index (κ1) is 30.8. The number of aryl methyl sites for hydroxylation is 1. The molecule has 0 aliphatic carbocycles. The van der Waals surface area contributed by atoms with Crippen LogP contribution in [0.2, 0.25) is 0 Å². The van der Waals surface area contributed by atoms with Gasteiger partial charge in [-0.3, -0.25) is 9.36 Å². The zero-order valence-corrected chi connectivity index (χ0v) is 24.9. The van der Waals surface area contributed by atoms with Crippen molar-refractivity contribution in [1.82, 2.24) is 4.57 Å². The molecule has 11 nitrogen and oxygen atoms in total. The lowest BCUT2D eigenvalue weighted by atomic mass is 10.1. The van der Waals surface area contributed by atoms with E-state index in [0.717, 1.165) is 11.1 Å². The molecule has 0 saturated heterocycles. The number of hydrogen-bond acceptors (Lipinski definition) is 8. The maximum Gasteiger partial charge on any atom is 0.398 e. The third-order valence-corrected chi connectivity index (χ3v) is 7.29. The Morgan fingerprint density at radius 2 is 1.76 bits per heavy atom. The van der Waals surface area contributed by atoms with Gasteiger partial charge in [0, 0.05) is 18.3 Å². The van der Waals surface area contributed by atoms with Crippen LogP contribution in [0, 0.1) is 18.3 Å². The molecule has 0 atom stereocenters. The van der Waals surface area contributed by atoms with Gasteiger partial charge in [-0.15, -0.1) is 0 Å². The number of nitriles is 1. The van der Waals surface area contributed by atoms with Crippen molar-refractivity contribution in [3.05, 3.63) is 111 Å². The summed E-state index contributed by atoms with van der Waals surface area (Å²) in [5, 5.41) is 28.3. The molecule has 0 saturated carbocycles. The maximum absolute atomic E-state index is 13.4. The van der Waals surface area contributed by atoms with E-state index in [1.807, 2.05) is 19.1 Å². The Bertz CT molecular complexity index is 1870. The van der Waals surface area contributed by atoms with Crippen LogP contribution in [0.3, 0.4) is 0 Å². The third kappa shape index (κ3) is 7.14. The number of aliphatic hydroxyl groups is 1. The second-order valence-corrected chi connectivity index (χ2v) is 10.4. The lowest BCUT2D eigenvalue weighted by Crippen LogP contribution is -2.28. The van der Waals surface area contributed by atoms with Crippen LogP contribution in [0.5, 0.6) is 23.0 Å². The fraction of sp³-hybridized carbons (Fsp3) is 0.235. The number of rotatable bonds is 11. The summed E-state index contributed by atoms with van der Waals surface area (Å²) >= 11 is 0. The molecule has 1 aliphatic heterocycles. The molecule has 1 aliphatic rings. The minimum absolute atomic E-state index is 0.0184. The fourth-order valence-electron chi connectivity index (χ4n) is 4.93. The molecule has 2 heterocycles. The van der Waals surface area contributed by atoms with Crippen LogP contribution in [0.1, 0.15) is 27.8 Å². The number of aliphatic carboxylic acids is 1. The number of carboxylic acids is 1. The van der Waals surface area contributed by atoms with Crippen molar-refractivity contribution in [1.29, 1.82) is 5.26 Å². The highest BCUT2D eigenvalue weighted by atomic mass is 16.6. The SMILES string of the molecule is Cc1cc(C[N+](C)=C(CO)C(=O)O)c(OCc2cccc(C#N)c2)cc1OCc1cccn(-c2ccc3c(c2)OCCO3)c1=O. The molecule has 11 heteroatoms. The van der Waals surface area contributed by atoms with Gasteiger partial charge in [0.1, 0.15) is 51.6 Å². The summed E-state index contributed by atoms with van der Waals surface area (Å²) in [6, 6.07) is 21.5. The first-order valence-electron chi connectivity index (χ1n) is 14.2. The van der Waals surface area contributed by atoms with Crippen LogP contribution in [-0.4, -0.2) is 57.9 Å². The van der Waals surface area contributed by atoms with Gasteiger partial charge in [-0.05, 0) is 60.5 Å². The Morgan fingerprint density at radius 3 is 2.51 bits per heavy atom. The Balaban J connectivity index is 1.42. The number of fused-ring (bicyclic) bond motifs is 1. The number of carbonyl (C=O) groups is 1. The fourth-order valence-corrected chi connectivity index (χ4v) is 4.93. The van der Waals surface area contributed by atoms with Crippen molar-refractivity contribution in [3.8, 4) is 34.8 Å². The van der Waals surface area contributed by atoms with Gasteiger partial charge < -0.3 is 29.2 Å². The quantitative estimate of drug-likeness (QED) is 0.192. The highest BCUT2D eigenvalue weighted by molar-refractivity contribution is 6.33. The van der Waals surface area contributed by atoms with E-state index in [9.17, 15) is 25.1 Å². The molecule has 0 radical (unpaired) electrons. The smallest absolute Gasteiger partial charge is 0.398 e. The molecule has 0 bridgehead atoms. The lowest BCUT2D eigenvalue weighted by molar-refractivity contribution is -0.514. The summed E-state index contributed by atoms with van der Waals surface area (Å²) in [6.07, 6.45) is 1.68. The summed E-state index contributed by atoms with van der Waals surface area (Å²) < 4.78 is 26.5. The number of aromatic nitrogens is 1. The molecule has 45 heavy (non-hydrogen) atoms. The van der Waals surface area contributed by atoms with E-state index >= 15 is 0 Å². The van der Waals surface area contributed by atoms with Crippen molar-refractivity contribution >= 4 is 11.7 Å². The van der Waals surface area contributed by atoms with Gasteiger partial charge in [-0.1, -0.05) is 12.1 Å². The lowest BCUT2D eigenvalue weighted by Gasteiger charge is -2.19. The molecule has 0 spiro atoms. The van der Waals surface area contributed by atoms with Crippen molar-refractivity contribution in [2.24, 2.45) is 0 Å².